The van der Waals surface area contributed by atoms with Gasteiger partial charge in [0.25, 0.3) is 10.0 Å². The molecule has 30 heavy (non-hydrogen) atoms. The molecule has 0 saturated carbocycles. The first-order chi connectivity index (χ1) is 14.4. The number of hydrogen-bond donors (Lipinski definition) is 2. The highest BCUT2D eigenvalue weighted by atomic mass is 32.2. The van der Waals surface area contributed by atoms with Gasteiger partial charge in [0.15, 0.2) is 5.82 Å². The van der Waals surface area contributed by atoms with Crippen LogP contribution < -0.4 is 10.0 Å². The van der Waals surface area contributed by atoms with Gasteiger partial charge in [-0.25, -0.2) is 13.1 Å². The standard InChI is InChI=1S/C20H23N5O3S2/c1-14-8-9-15(20-24-23-17-6-3-2-4-10-25(17)20)12-16(14)22-18(26)13-21-30(27,28)19-7-5-11-29-19/h5,7-9,11-12,21H,2-4,6,10,13H2,1H3,(H,22,26). The average molecular weight is 446 g/mol. The van der Waals surface area contributed by atoms with Crippen molar-refractivity contribution in [3.63, 3.8) is 0 Å². The largest absolute Gasteiger partial charge is 0.325 e. The van der Waals surface area contributed by atoms with Gasteiger partial charge in [-0.15, -0.1) is 21.5 Å². The lowest BCUT2D eigenvalue weighted by atomic mass is 10.1. The number of anilines is 1. The SMILES string of the molecule is Cc1ccc(-c2nnc3n2CCCCC3)cc1NC(=O)CNS(=O)(=O)c1cccs1. The van der Waals surface area contributed by atoms with Crippen LogP contribution in [0.4, 0.5) is 5.69 Å². The Balaban J connectivity index is 1.49. The minimum absolute atomic E-state index is 0.181. The van der Waals surface area contributed by atoms with E-state index in [9.17, 15) is 13.2 Å². The lowest BCUT2D eigenvalue weighted by molar-refractivity contribution is -0.115. The third-order valence-corrected chi connectivity index (χ3v) is 7.86. The number of hydrogen-bond acceptors (Lipinski definition) is 6. The molecule has 3 aromatic rings. The second-order valence-electron chi connectivity index (χ2n) is 7.24. The summed E-state index contributed by atoms with van der Waals surface area (Å²) in [6.45, 7) is 2.43. The van der Waals surface area contributed by atoms with Crippen molar-refractivity contribution in [1.82, 2.24) is 19.5 Å². The van der Waals surface area contributed by atoms with Gasteiger partial charge in [0.2, 0.25) is 5.91 Å². The van der Waals surface area contributed by atoms with Gasteiger partial charge in [-0.1, -0.05) is 24.6 Å². The summed E-state index contributed by atoms with van der Waals surface area (Å²) < 4.78 is 29.1. The van der Waals surface area contributed by atoms with Crippen molar-refractivity contribution in [1.29, 1.82) is 0 Å². The number of nitrogens with one attached hydrogen (secondary N) is 2. The first-order valence-corrected chi connectivity index (χ1v) is 12.2. The second-order valence-corrected chi connectivity index (χ2v) is 10.2. The molecule has 1 aromatic carbocycles. The van der Waals surface area contributed by atoms with Gasteiger partial charge in [-0.05, 0) is 42.8 Å². The Kier molecular flexibility index (Phi) is 5.98. The summed E-state index contributed by atoms with van der Waals surface area (Å²) in [5, 5.41) is 13.2. The number of aryl methyl sites for hydroxylation is 2. The summed E-state index contributed by atoms with van der Waals surface area (Å²) in [6.07, 6.45) is 4.32. The normalized spacial score (nSPS) is 14.2. The van der Waals surface area contributed by atoms with Crippen LogP contribution in [-0.4, -0.2) is 35.6 Å². The quantitative estimate of drug-likeness (QED) is 0.607. The smallest absolute Gasteiger partial charge is 0.250 e. The van der Waals surface area contributed by atoms with E-state index in [2.05, 4.69) is 24.8 Å². The molecule has 1 aliphatic rings. The molecule has 0 spiro atoms. The Labute approximate surface area is 179 Å². The van der Waals surface area contributed by atoms with Crippen molar-refractivity contribution in [3.05, 3.63) is 47.1 Å². The number of thiophene rings is 1. The topological polar surface area (TPSA) is 106 Å². The summed E-state index contributed by atoms with van der Waals surface area (Å²) in [5.41, 5.74) is 2.37. The second kappa shape index (κ2) is 8.66. The number of sulfonamides is 1. The summed E-state index contributed by atoms with van der Waals surface area (Å²) >= 11 is 1.10. The predicted octanol–water partition coefficient (Wildman–Crippen LogP) is 2.96. The monoisotopic (exact) mass is 445 g/mol. The molecule has 0 atom stereocenters. The average Bonchev–Trinajstić information content (AvgIpc) is 3.35. The highest BCUT2D eigenvalue weighted by molar-refractivity contribution is 7.91. The fourth-order valence-electron chi connectivity index (χ4n) is 3.44. The third-order valence-electron chi connectivity index (χ3n) is 5.06. The molecule has 0 radical (unpaired) electrons. The number of fused-ring (bicyclic) bond motifs is 1. The molecular formula is C20H23N5O3S2. The van der Waals surface area contributed by atoms with Crippen LogP contribution >= 0.6 is 11.3 Å². The van der Waals surface area contributed by atoms with Crippen LogP contribution in [0.2, 0.25) is 0 Å². The molecule has 1 aliphatic heterocycles. The summed E-state index contributed by atoms with van der Waals surface area (Å²) in [5.74, 6) is 1.35. The van der Waals surface area contributed by atoms with Gasteiger partial charge in [-0.3, -0.25) is 4.79 Å². The number of aromatic nitrogens is 3. The van der Waals surface area contributed by atoms with E-state index in [0.29, 0.717) is 5.69 Å². The molecule has 10 heteroatoms. The van der Waals surface area contributed by atoms with Crippen molar-refractivity contribution in [2.45, 2.75) is 43.4 Å². The van der Waals surface area contributed by atoms with Gasteiger partial charge >= 0.3 is 0 Å². The van der Waals surface area contributed by atoms with E-state index in [1.165, 1.54) is 12.5 Å². The summed E-state index contributed by atoms with van der Waals surface area (Å²) in [6, 6.07) is 8.90. The summed E-state index contributed by atoms with van der Waals surface area (Å²) in [4.78, 5) is 12.4. The number of amides is 1. The lowest BCUT2D eigenvalue weighted by Crippen LogP contribution is -2.32. The van der Waals surface area contributed by atoms with Crippen molar-refractivity contribution in [2.24, 2.45) is 0 Å². The van der Waals surface area contributed by atoms with Crippen LogP contribution in [0.1, 0.15) is 30.7 Å². The first-order valence-electron chi connectivity index (χ1n) is 9.80. The molecule has 3 heterocycles. The Morgan fingerprint density at radius 1 is 1.20 bits per heavy atom. The minimum atomic E-state index is -3.69. The number of rotatable bonds is 6. The molecule has 2 aromatic heterocycles. The van der Waals surface area contributed by atoms with Gasteiger partial charge in [0.1, 0.15) is 10.0 Å². The van der Waals surface area contributed by atoms with E-state index in [-0.39, 0.29) is 10.8 Å². The van der Waals surface area contributed by atoms with Gasteiger partial charge in [0.05, 0.1) is 6.54 Å². The van der Waals surface area contributed by atoms with E-state index < -0.39 is 15.9 Å². The van der Waals surface area contributed by atoms with E-state index in [1.807, 2.05) is 25.1 Å². The zero-order valence-electron chi connectivity index (χ0n) is 16.6. The molecule has 0 aliphatic carbocycles. The van der Waals surface area contributed by atoms with Crippen LogP contribution in [-0.2, 0) is 27.8 Å². The third kappa shape index (κ3) is 4.45. The number of carbonyl (C=O) groups is 1. The molecular weight excluding hydrogens is 422 g/mol. The molecule has 2 N–H and O–H groups in total. The molecule has 0 saturated heterocycles. The molecule has 0 fully saturated rings. The highest BCUT2D eigenvalue weighted by Gasteiger charge is 2.19. The van der Waals surface area contributed by atoms with Crippen LogP contribution in [0.15, 0.2) is 39.9 Å². The fourth-order valence-corrected chi connectivity index (χ4v) is 5.46. The summed E-state index contributed by atoms with van der Waals surface area (Å²) in [7, 11) is -3.69. The molecule has 158 valence electrons. The number of nitrogens with zero attached hydrogens (tertiary/aromatic N) is 3. The molecule has 0 bridgehead atoms. The number of carbonyl (C=O) groups excluding carboxylic acids is 1. The Hall–Kier alpha value is -2.56. The van der Waals surface area contributed by atoms with Crippen molar-refractivity contribution in [2.75, 3.05) is 11.9 Å². The Morgan fingerprint density at radius 3 is 2.87 bits per heavy atom. The number of benzene rings is 1. The highest BCUT2D eigenvalue weighted by Crippen LogP contribution is 2.27. The van der Waals surface area contributed by atoms with E-state index in [4.69, 9.17) is 0 Å². The van der Waals surface area contributed by atoms with E-state index in [1.54, 1.807) is 11.4 Å². The zero-order valence-corrected chi connectivity index (χ0v) is 18.2. The maximum atomic E-state index is 12.4. The van der Waals surface area contributed by atoms with Crippen LogP contribution in [0.25, 0.3) is 11.4 Å². The minimum Gasteiger partial charge on any atom is -0.325 e. The predicted molar refractivity (Wildman–Crippen MR) is 116 cm³/mol. The van der Waals surface area contributed by atoms with E-state index in [0.717, 1.165) is 59.9 Å². The van der Waals surface area contributed by atoms with Crippen molar-refractivity contribution < 1.29 is 13.2 Å². The van der Waals surface area contributed by atoms with E-state index >= 15 is 0 Å². The Bertz CT molecular complexity index is 1150. The van der Waals surface area contributed by atoms with Crippen molar-refractivity contribution in [3.8, 4) is 11.4 Å². The molecule has 0 unspecified atom stereocenters. The Morgan fingerprint density at radius 2 is 2.07 bits per heavy atom. The van der Waals surface area contributed by atoms with Gasteiger partial charge in [-0.2, -0.15) is 0 Å². The first kappa shape index (κ1) is 20.7. The molecule has 8 nitrogen and oxygen atoms in total. The maximum Gasteiger partial charge on any atom is 0.250 e. The van der Waals surface area contributed by atoms with Crippen LogP contribution in [0.5, 0.6) is 0 Å². The van der Waals surface area contributed by atoms with Crippen molar-refractivity contribution >= 4 is 33.0 Å². The van der Waals surface area contributed by atoms with Crippen LogP contribution in [0.3, 0.4) is 0 Å². The lowest BCUT2D eigenvalue weighted by Gasteiger charge is -2.12. The maximum absolute atomic E-state index is 12.4. The van der Waals surface area contributed by atoms with Gasteiger partial charge in [0, 0.05) is 24.2 Å². The zero-order chi connectivity index (χ0) is 21.1. The molecule has 4 rings (SSSR count). The fraction of sp³-hybridized carbons (Fsp3) is 0.350. The van der Waals surface area contributed by atoms with Gasteiger partial charge < -0.3 is 9.88 Å². The van der Waals surface area contributed by atoms with Crippen LogP contribution in [0, 0.1) is 6.92 Å². The molecule has 1 amide bonds.